The largest absolute Gasteiger partial charge is 0.490 e. The number of nitrogen functional groups attached to an aromatic ring is 1. The number of fused-ring (bicyclic) bond motifs is 1. The van der Waals surface area contributed by atoms with E-state index in [4.69, 9.17) is 33.0 Å². The van der Waals surface area contributed by atoms with Crippen LogP contribution in [0, 0.1) is 5.41 Å². The smallest absolute Gasteiger partial charge is 0.475 e. The van der Waals surface area contributed by atoms with Crippen LogP contribution in [0.2, 0.25) is 5.02 Å². The fourth-order valence-corrected chi connectivity index (χ4v) is 5.70. The van der Waals surface area contributed by atoms with Gasteiger partial charge in [-0.1, -0.05) is 23.4 Å². The Kier molecular flexibility index (Phi) is 7.63. The molecule has 38 heavy (non-hydrogen) atoms. The van der Waals surface area contributed by atoms with Gasteiger partial charge < -0.3 is 21.5 Å². The van der Waals surface area contributed by atoms with Crippen molar-refractivity contribution in [2.75, 3.05) is 23.7 Å². The van der Waals surface area contributed by atoms with Crippen LogP contribution in [0.3, 0.4) is 0 Å². The maximum atomic E-state index is 13.0. The Morgan fingerprint density at radius 1 is 1.21 bits per heavy atom. The van der Waals surface area contributed by atoms with E-state index in [1.54, 1.807) is 30.1 Å². The molecule has 2 aliphatic rings. The molecule has 11 nitrogen and oxygen atoms in total. The van der Waals surface area contributed by atoms with Crippen LogP contribution in [0.5, 0.6) is 0 Å². The second kappa shape index (κ2) is 10.5. The van der Waals surface area contributed by atoms with Gasteiger partial charge in [0.15, 0.2) is 0 Å². The molecule has 1 atom stereocenters. The van der Waals surface area contributed by atoms with E-state index < -0.39 is 12.1 Å². The zero-order chi connectivity index (χ0) is 27.8. The van der Waals surface area contributed by atoms with Crippen molar-refractivity contribution in [1.29, 1.82) is 0 Å². The molecule has 3 aromatic rings. The summed E-state index contributed by atoms with van der Waals surface area (Å²) in [6, 6.07) is 3.73. The molecule has 5 N–H and O–H groups in total. The molecular weight excluding hydrogens is 549 g/mol. The molecule has 204 valence electrons. The third kappa shape index (κ3) is 5.31. The van der Waals surface area contributed by atoms with E-state index in [0.717, 1.165) is 38.2 Å². The molecule has 0 unspecified atom stereocenters. The lowest BCUT2D eigenvalue weighted by Crippen LogP contribution is -2.46. The van der Waals surface area contributed by atoms with E-state index in [1.807, 2.05) is 16.9 Å². The van der Waals surface area contributed by atoms with Gasteiger partial charge in [0.2, 0.25) is 5.95 Å². The van der Waals surface area contributed by atoms with Gasteiger partial charge in [-0.3, -0.25) is 14.0 Å². The number of carbonyl (C=O) groups is 1. The normalized spacial score (nSPS) is 18.2. The minimum atomic E-state index is -5.08. The molecular formula is C22H24ClF3N8O3S. The summed E-state index contributed by atoms with van der Waals surface area (Å²) >= 11 is 7.46. The summed E-state index contributed by atoms with van der Waals surface area (Å²) in [6.07, 6.45) is 1.76. The van der Waals surface area contributed by atoms with Gasteiger partial charge in [-0.2, -0.15) is 18.3 Å². The second-order valence-electron chi connectivity index (χ2n) is 8.94. The van der Waals surface area contributed by atoms with Crippen molar-refractivity contribution in [1.82, 2.24) is 24.3 Å². The highest BCUT2D eigenvalue weighted by Gasteiger charge is 2.47. The van der Waals surface area contributed by atoms with Crippen molar-refractivity contribution < 1.29 is 23.1 Å². The van der Waals surface area contributed by atoms with E-state index in [-0.39, 0.29) is 22.8 Å². The average molecular weight is 573 g/mol. The first kappa shape index (κ1) is 27.7. The van der Waals surface area contributed by atoms with Gasteiger partial charge in [0.25, 0.3) is 5.56 Å². The number of nitrogens with zero attached hydrogens (tertiary/aromatic N) is 6. The molecule has 5 rings (SSSR count). The lowest BCUT2D eigenvalue weighted by Gasteiger charge is -2.41. The minimum Gasteiger partial charge on any atom is -0.475 e. The van der Waals surface area contributed by atoms with Crippen LogP contribution in [-0.4, -0.2) is 54.7 Å². The minimum absolute atomic E-state index is 0.00903. The highest BCUT2D eigenvalue weighted by Crippen LogP contribution is 2.47. The number of nitrogens with two attached hydrogens (primary N) is 2. The molecule has 0 amide bonds. The molecule has 0 radical (unpaired) electrons. The van der Waals surface area contributed by atoms with Gasteiger partial charge in [0, 0.05) is 49.4 Å². The second-order valence-corrected chi connectivity index (χ2v) is 10.4. The standard InChI is InChI=1S/C20H23ClN8OS.C2HF3O2/c1-27-18(30)14(31-13-3-6-24-17(23)15(13)21)10-25-19(27)28-8-4-20(5-9-28)11-29-12(16(20)22)2-7-26-29;3-2(4,5)1(6)7/h2-3,6-7,10,16H,4-5,8-9,11,22H2,1H3,(H2,23,24);(H,6,7)/t16-;/m1./s1. The average Bonchev–Trinajstić information content (AvgIpc) is 3.41. The van der Waals surface area contributed by atoms with Crippen LogP contribution >= 0.6 is 23.4 Å². The molecule has 1 fully saturated rings. The molecule has 0 saturated carbocycles. The zero-order valence-corrected chi connectivity index (χ0v) is 21.6. The van der Waals surface area contributed by atoms with E-state index >= 15 is 0 Å². The number of hydrogen-bond donors (Lipinski definition) is 3. The summed E-state index contributed by atoms with van der Waals surface area (Å²) in [5, 5.41) is 11.9. The number of carboxylic acid groups (broad SMARTS) is 1. The van der Waals surface area contributed by atoms with Gasteiger partial charge in [-0.25, -0.2) is 14.8 Å². The summed E-state index contributed by atoms with van der Waals surface area (Å²) in [7, 11) is 1.75. The van der Waals surface area contributed by atoms with Crippen molar-refractivity contribution in [2.24, 2.45) is 18.2 Å². The predicted molar refractivity (Wildman–Crippen MR) is 134 cm³/mol. The fourth-order valence-electron chi connectivity index (χ4n) is 4.59. The highest BCUT2D eigenvalue weighted by atomic mass is 35.5. The first-order valence-corrected chi connectivity index (χ1v) is 12.5. The number of alkyl halides is 3. The predicted octanol–water partition coefficient (Wildman–Crippen LogP) is 2.69. The summed E-state index contributed by atoms with van der Waals surface area (Å²) in [6.45, 7) is 2.43. The summed E-state index contributed by atoms with van der Waals surface area (Å²) < 4.78 is 35.4. The molecule has 0 aliphatic carbocycles. The van der Waals surface area contributed by atoms with Gasteiger partial charge in [0.1, 0.15) is 5.82 Å². The third-order valence-electron chi connectivity index (χ3n) is 6.69. The van der Waals surface area contributed by atoms with Crippen LogP contribution in [0.15, 0.2) is 45.3 Å². The van der Waals surface area contributed by atoms with Gasteiger partial charge in [-0.05, 0) is 25.0 Å². The number of aromatic nitrogens is 5. The number of hydrogen-bond acceptors (Lipinski definition) is 9. The molecule has 0 aromatic carbocycles. The summed E-state index contributed by atoms with van der Waals surface area (Å²) in [4.78, 5) is 33.8. The molecule has 5 heterocycles. The van der Waals surface area contributed by atoms with Crippen LogP contribution in [0.25, 0.3) is 0 Å². The quantitative estimate of drug-likeness (QED) is 0.426. The number of pyridine rings is 1. The van der Waals surface area contributed by atoms with Crippen molar-refractivity contribution >= 4 is 41.1 Å². The Morgan fingerprint density at radius 2 is 1.87 bits per heavy atom. The Balaban J connectivity index is 0.000000426. The topological polar surface area (TPSA) is 158 Å². The maximum Gasteiger partial charge on any atom is 0.490 e. The van der Waals surface area contributed by atoms with Crippen molar-refractivity contribution in [3.63, 3.8) is 0 Å². The molecule has 1 spiro atoms. The van der Waals surface area contributed by atoms with Gasteiger partial charge in [-0.15, -0.1) is 0 Å². The lowest BCUT2D eigenvalue weighted by molar-refractivity contribution is -0.192. The van der Waals surface area contributed by atoms with E-state index in [1.165, 1.54) is 11.8 Å². The Hall–Kier alpha value is -3.30. The maximum absolute atomic E-state index is 13.0. The van der Waals surface area contributed by atoms with E-state index in [2.05, 4.69) is 20.0 Å². The number of anilines is 2. The first-order valence-electron chi connectivity index (χ1n) is 11.3. The van der Waals surface area contributed by atoms with E-state index in [9.17, 15) is 18.0 Å². The van der Waals surface area contributed by atoms with E-state index in [0.29, 0.717) is 20.8 Å². The Labute approximate surface area is 223 Å². The number of halogens is 4. The number of piperidine rings is 1. The highest BCUT2D eigenvalue weighted by molar-refractivity contribution is 7.99. The fraction of sp³-hybridized carbons (Fsp3) is 0.409. The number of carboxylic acids is 1. The number of aliphatic carboxylic acids is 1. The van der Waals surface area contributed by atoms with Crippen molar-refractivity contribution in [3.8, 4) is 0 Å². The van der Waals surface area contributed by atoms with Crippen LogP contribution in [0.4, 0.5) is 24.9 Å². The van der Waals surface area contributed by atoms with Crippen LogP contribution in [-0.2, 0) is 18.4 Å². The Morgan fingerprint density at radius 3 is 2.47 bits per heavy atom. The Bertz CT molecular complexity index is 1410. The monoisotopic (exact) mass is 572 g/mol. The SMILES string of the molecule is Cn1c(N2CCC3(CC2)Cn2nccc2[C@H]3N)ncc(Sc2ccnc(N)c2Cl)c1=O.O=C(O)C(F)(F)F. The third-order valence-corrected chi connectivity index (χ3v) is 8.26. The van der Waals surface area contributed by atoms with Crippen LogP contribution < -0.4 is 21.9 Å². The van der Waals surface area contributed by atoms with Crippen molar-refractivity contribution in [2.45, 2.75) is 41.4 Å². The molecule has 2 aliphatic heterocycles. The molecule has 3 aromatic heterocycles. The molecule has 1 saturated heterocycles. The van der Waals surface area contributed by atoms with Gasteiger partial charge in [0.05, 0.1) is 27.9 Å². The van der Waals surface area contributed by atoms with Crippen molar-refractivity contribution in [3.05, 3.63) is 51.8 Å². The first-order chi connectivity index (χ1) is 17.8. The van der Waals surface area contributed by atoms with Gasteiger partial charge >= 0.3 is 12.1 Å². The van der Waals surface area contributed by atoms with Crippen LogP contribution in [0.1, 0.15) is 24.6 Å². The molecule has 16 heteroatoms. The molecule has 0 bridgehead atoms. The summed E-state index contributed by atoms with van der Waals surface area (Å²) in [5.74, 6) is -1.86. The summed E-state index contributed by atoms with van der Waals surface area (Å²) in [5.41, 5.74) is 13.3. The lowest BCUT2D eigenvalue weighted by atomic mass is 9.74. The number of rotatable bonds is 3. The zero-order valence-electron chi connectivity index (χ0n) is 20.0.